The highest BCUT2D eigenvalue weighted by Crippen LogP contribution is 2.47. The van der Waals surface area contributed by atoms with E-state index in [1.807, 2.05) is 10.1 Å². The van der Waals surface area contributed by atoms with Crippen LogP contribution < -0.4 is 20.9 Å². The number of esters is 1. The number of hydrogen-bond donors (Lipinski definition) is 3. The van der Waals surface area contributed by atoms with Crippen molar-refractivity contribution < 1.29 is 63.7 Å². The molecule has 1 aromatic heterocycles. The van der Waals surface area contributed by atoms with Gasteiger partial charge in [0.2, 0.25) is 0 Å². The van der Waals surface area contributed by atoms with Crippen molar-refractivity contribution in [2.45, 2.75) is 62.5 Å². The van der Waals surface area contributed by atoms with E-state index in [-0.39, 0.29) is 5.75 Å². The zero-order chi connectivity index (χ0) is 31.7. The van der Waals surface area contributed by atoms with Gasteiger partial charge in [0.05, 0.1) is 6.61 Å². The van der Waals surface area contributed by atoms with Crippen LogP contribution in [0.25, 0.3) is 0 Å². The SMILES string of the molecule is C[C@H](NP(=O)(OC[C@H]1OC(n2ccc(=O)[nH]c2=O)[C@](C)(F)[C@@H]1O)Oc1ccccc1)C(=O)OC(C(F)(F)F)C(F)(F)F. The average molecular weight is 637 g/mol. The summed E-state index contributed by atoms with van der Waals surface area (Å²) in [4.78, 5) is 37.5. The summed E-state index contributed by atoms with van der Waals surface area (Å²) in [5.74, 6) is -2.35. The lowest BCUT2D eigenvalue weighted by atomic mass is 9.98. The van der Waals surface area contributed by atoms with Gasteiger partial charge in [0.1, 0.15) is 24.0 Å². The summed E-state index contributed by atoms with van der Waals surface area (Å²) >= 11 is 0. The lowest BCUT2D eigenvalue weighted by molar-refractivity contribution is -0.313. The van der Waals surface area contributed by atoms with Crippen molar-refractivity contribution in [2.24, 2.45) is 0 Å². The van der Waals surface area contributed by atoms with Gasteiger partial charge in [-0.15, -0.1) is 0 Å². The van der Waals surface area contributed by atoms with Crippen LogP contribution in [0.15, 0.2) is 52.2 Å². The molecule has 0 aliphatic carbocycles. The van der Waals surface area contributed by atoms with E-state index in [1.54, 1.807) is 0 Å². The topological polar surface area (TPSA) is 158 Å². The second-order valence-electron chi connectivity index (χ2n) is 9.09. The van der Waals surface area contributed by atoms with Crippen LogP contribution in [0.5, 0.6) is 5.75 Å². The molecular weight excluding hydrogens is 614 g/mol. The molecule has 12 nitrogen and oxygen atoms in total. The summed E-state index contributed by atoms with van der Waals surface area (Å²) in [5, 5.41) is 12.3. The molecular formula is C22H23F7N3O9P. The number of aromatic amines is 1. The Balaban J connectivity index is 1.82. The Kier molecular flexibility index (Phi) is 9.63. The Bertz CT molecular complexity index is 1400. The highest BCUT2D eigenvalue weighted by atomic mass is 31.2. The van der Waals surface area contributed by atoms with Crippen LogP contribution in [0.4, 0.5) is 30.7 Å². The molecule has 20 heteroatoms. The van der Waals surface area contributed by atoms with Gasteiger partial charge in [-0.05, 0) is 26.0 Å². The van der Waals surface area contributed by atoms with Gasteiger partial charge in [-0.25, -0.2) is 13.8 Å². The molecule has 1 aliphatic rings. The number of benzene rings is 1. The van der Waals surface area contributed by atoms with Gasteiger partial charge in [-0.1, -0.05) is 18.2 Å². The number of nitrogens with one attached hydrogen (secondary N) is 2. The fourth-order valence-corrected chi connectivity index (χ4v) is 5.17. The first-order valence-corrected chi connectivity index (χ1v) is 13.2. The zero-order valence-electron chi connectivity index (χ0n) is 21.4. The van der Waals surface area contributed by atoms with E-state index in [0.717, 1.165) is 19.2 Å². The second kappa shape index (κ2) is 12.2. The van der Waals surface area contributed by atoms with E-state index < -0.39 is 80.2 Å². The number of rotatable bonds is 10. The Morgan fingerprint density at radius 3 is 2.31 bits per heavy atom. The number of aliphatic hydroxyl groups excluding tert-OH is 1. The normalized spacial score (nSPS) is 25.2. The van der Waals surface area contributed by atoms with E-state index in [2.05, 4.69) is 4.74 Å². The third-order valence-electron chi connectivity index (χ3n) is 5.73. The first-order chi connectivity index (χ1) is 19.2. The maximum Gasteiger partial charge on any atom is 0.459 e. The van der Waals surface area contributed by atoms with E-state index in [4.69, 9.17) is 13.8 Å². The van der Waals surface area contributed by atoms with Crippen molar-refractivity contribution in [2.75, 3.05) is 6.61 Å². The van der Waals surface area contributed by atoms with Gasteiger partial charge in [-0.3, -0.25) is 23.7 Å². The standard InChI is InChI=1S/C22H23F7N3O9P/c1-11(16(35)40-17(21(24,25)26)22(27,28)29)31-42(37,41-12-6-4-3-5-7-12)38-10-13-15(34)20(2,23)18(39-13)32-9-8-14(33)30-19(32)36/h3-9,11,13,15,17-18,34H,10H2,1-2H3,(H,31,37)(H,30,33,36)/t11-,13+,15+,18?,20+,42?/m0/s1. The lowest BCUT2D eigenvalue weighted by Gasteiger charge is -2.27. The molecule has 2 unspecified atom stereocenters. The van der Waals surface area contributed by atoms with Crippen molar-refractivity contribution in [1.29, 1.82) is 0 Å². The minimum Gasteiger partial charge on any atom is -0.442 e. The summed E-state index contributed by atoms with van der Waals surface area (Å²) in [5.41, 5.74) is -4.63. The third-order valence-corrected chi connectivity index (χ3v) is 7.38. The fraction of sp³-hybridized carbons (Fsp3) is 0.500. The van der Waals surface area contributed by atoms with Crippen molar-refractivity contribution in [3.8, 4) is 5.75 Å². The van der Waals surface area contributed by atoms with Gasteiger partial charge in [-0.2, -0.15) is 31.4 Å². The first-order valence-electron chi connectivity index (χ1n) is 11.7. The number of H-pyrrole nitrogens is 1. The van der Waals surface area contributed by atoms with Crippen LogP contribution in [0.2, 0.25) is 0 Å². The molecule has 234 valence electrons. The van der Waals surface area contributed by atoms with Crippen LogP contribution >= 0.6 is 7.75 Å². The highest BCUT2D eigenvalue weighted by molar-refractivity contribution is 7.52. The molecule has 0 spiro atoms. The number of para-hydroxylation sites is 1. The molecule has 1 aliphatic heterocycles. The van der Waals surface area contributed by atoms with Gasteiger partial charge in [0, 0.05) is 12.3 Å². The predicted molar refractivity (Wildman–Crippen MR) is 126 cm³/mol. The Hall–Kier alpha value is -3.25. The lowest BCUT2D eigenvalue weighted by Crippen LogP contribution is -2.48. The molecule has 3 N–H and O–H groups in total. The fourth-order valence-electron chi connectivity index (χ4n) is 3.67. The Labute approximate surface area is 230 Å². The summed E-state index contributed by atoms with van der Waals surface area (Å²) in [6.45, 7) is 0.532. The van der Waals surface area contributed by atoms with Gasteiger partial charge in [0.15, 0.2) is 11.9 Å². The molecule has 0 amide bonds. The number of aliphatic hydroxyl groups is 1. The number of aromatic nitrogens is 2. The van der Waals surface area contributed by atoms with Crippen LogP contribution in [0, 0.1) is 0 Å². The van der Waals surface area contributed by atoms with Gasteiger partial charge in [0.25, 0.3) is 11.7 Å². The number of halogens is 7. The molecule has 0 saturated carbocycles. The number of carbonyl (C=O) groups is 1. The number of hydrogen-bond acceptors (Lipinski definition) is 9. The first kappa shape index (κ1) is 33.3. The predicted octanol–water partition coefficient (Wildman–Crippen LogP) is 2.74. The van der Waals surface area contributed by atoms with E-state index in [9.17, 15) is 50.4 Å². The molecule has 1 fully saturated rings. The van der Waals surface area contributed by atoms with Crippen LogP contribution in [0.1, 0.15) is 20.1 Å². The third kappa shape index (κ3) is 7.77. The summed E-state index contributed by atoms with van der Waals surface area (Å²) in [6, 6.07) is 5.43. The van der Waals surface area contributed by atoms with E-state index in [1.165, 1.54) is 30.3 Å². The second-order valence-corrected chi connectivity index (χ2v) is 10.8. The summed E-state index contributed by atoms with van der Waals surface area (Å²) < 4.78 is 126. The number of nitrogens with zero attached hydrogens (tertiary/aromatic N) is 1. The number of carbonyl (C=O) groups excluding carboxylic acids is 1. The minimum atomic E-state index is -6.02. The van der Waals surface area contributed by atoms with E-state index in [0.29, 0.717) is 11.5 Å². The molecule has 0 bridgehead atoms. The largest absolute Gasteiger partial charge is 0.459 e. The molecule has 42 heavy (non-hydrogen) atoms. The number of alkyl halides is 7. The Morgan fingerprint density at radius 1 is 1.17 bits per heavy atom. The summed E-state index contributed by atoms with van der Waals surface area (Å²) in [7, 11) is -4.95. The smallest absolute Gasteiger partial charge is 0.442 e. The molecule has 0 radical (unpaired) electrons. The van der Waals surface area contributed by atoms with Crippen LogP contribution in [0.3, 0.4) is 0 Å². The van der Waals surface area contributed by atoms with Crippen LogP contribution in [-0.4, -0.2) is 69.6 Å². The molecule has 2 heterocycles. The molecule has 6 atom stereocenters. The molecule has 2 aromatic rings. The van der Waals surface area contributed by atoms with Crippen molar-refractivity contribution in [3.05, 3.63) is 63.4 Å². The highest BCUT2D eigenvalue weighted by Gasteiger charge is 2.60. The maximum atomic E-state index is 15.4. The van der Waals surface area contributed by atoms with E-state index >= 15 is 4.39 Å². The molecule has 1 saturated heterocycles. The van der Waals surface area contributed by atoms with Crippen molar-refractivity contribution in [3.63, 3.8) is 0 Å². The van der Waals surface area contributed by atoms with Gasteiger partial charge < -0.3 is 19.1 Å². The van der Waals surface area contributed by atoms with Crippen LogP contribution in [-0.2, 0) is 23.4 Å². The van der Waals surface area contributed by atoms with Gasteiger partial charge >= 0.3 is 31.8 Å². The zero-order valence-corrected chi connectivity index (χ0v) is 22.3. The minimum absolute atomic E-state index is 0.210. The molecule has 3 rings (SSSR count). The average Bonchev–Trinajstić information content (AvgIpc) is 3.08. The van der Waals surface area contributed by atoms with Crippen molar-refractivity contribution >= 4 is 13.7 Å². The quantitative estimate of drug-likeness (QED) is 0.201. The maximum absolute atomic E-state index is 15.4. The summed E-state index contributed by atoms with van der Waals surface area (Å²) in [6.07, 6.45) is -21.3. The number of ether oxygens (including phenoxy) is 2. The monoisotopic (exact) mass is 637 g/mol. The Morgan fingerprint density at radius 2 is 1.76 bits per heavy atom. The molecule has 1 aromatic carbocycles. The van der Waals surface area contributed by atoms with Crippen molar-refractivity contribution in [1.82, 2.24) is 14.6 Å².